The van der Waals surface area contributed by atoms with Crippen LogP contribution in [0.5, 0.6) is 0 Å². The third-order valence-corrected chi connectivity index (χ3v) is 7.61. The van der Waals surface area contributed by atoms with E-state index in [-0.39, 0.29) is 17.8 Å². The second-order valence-corrected chi connectivity index (χ2v) is 10.2. The van der Waals surface area contributed by atoms with Crippen molar-refractivity contribution in [2.75, 3.05) is 36.2 Å². The van der Waals surface area contributed by atoms with Crippen LogP contribution < -0.4 is 10.0 Å². The van der Waals surface area contributed by atoms with Crippen LogP contribution in [0.4, 0.5) is 15.8 Å². The molecular weight excluding hydrogens is 477 g/mol. The minimum absolute atomic E-state index is 0.0421. The lowest BCUT2D eigenvalue weighted by molar-refractivity contribution is 0.0627. The quantitative estimate of drug-likeness (QED) is 0.527. The highest BCUT2D eigenvalue weighted by atomic mass is 32.2. The summed E-state index contributed by atoms with van der Waals surface area (Å²) in [4.78, 5) is 21.4. The predicted molar refractivity (Wildman–Crippen MR) is 140 cm³/mol. The van der Waals surface area contributed by atoms with Gasteiger partial charge in [-0.2, -0.15) is 0 Å². The number of rotatable bonds is 6. The lowest BCUT2D eigenvalue weighted by Gasteiger charge is -2.34. The fourth-order valence-electron chi connectivity index (χ4n) is 4.43. The lowest BCUT2D eigenvalue weighted by atomic mass is 10.1. The molecule has 0 spiro atoms. The number of carbonyl (C=O) groups excluding carboxylic acids is 1. The summed E-state index contributed by atoms with van der Waals surface area (Å²) in [5.74, 6) is -0.347. The van der Waals surface area contributed by atoms with E-state index < -0.39 is 11.0 Å². The molecule has 2 aliphatic rings. The van der Waals surface area contributed by atoms with Gasteiger partial charge in [-0.15, -0.1) is 0 Å². The van der Waals surface area contributed by atoms with Gasteiger partial charge in [0.05, 0.1) is 16.8 Å². The van der Waals surface area contributed by atoms with Crippen molar-refractivity contribution in [2.45, 2.75) is 24.4 Å². The smallest absolute Gasteiger partial charge is 0.253 e. The lowest BCUT2D eigenvalue weighted by Crippen LogP contribution is -2.48. The monoisotopic (exact) mass is 505 g/mol. The van der Waals surface area contributed by atoms with Gasteiger partial charge < -0.3 is 14.9 Å². The number of nitrogens with zero attached hydrogens (tertiary/aromatic N) is 3. The van der Waals surface area contributed by atoms with Crippen LogP contribution in [0.25, 0.3) is 6.08 Å². The van der Waals surface area contributed by atoms with Gasteiger partial charge in [0.15, 0.2) is 11.0 Å². The first-order valence-corrected chi connectivity index (χ1v) is 13.1. The fraction of sp³-hybridized carbons (Fsp3) is 0.259. The fourth-order valence-corrected chi connectivity index (χ4v) is 5.45. The van der Waals surface area contributed by atoms with Crippen molar-refractivity contribution in [2.24, 2.45) is 0 Å². The molecule has 5 rings (SSSR count). The van der Waals surface area contributed by atoms with E-state index in [1.54, 1.807) is 36.5 Å². The zero-order chi connectivity index (χ0) is 25.1. The molecule has 3 heterocycles. The summed E-state index contributed by atoms with van der Waals surface area (Å²) in [5.41, 5.74) is 3.75. The Bertz CT molecular complexity index is 1310. The largest absolute Gasteiger partial charge is 0.378 e. The molecule has 0 saturated carbocycles. The zero-order valence-electron chi connectivity index (χ0n) is 20.0. The summed E-state index contributed by atoms with van der Waals surface area (Å²) in [6, 6.07) is 14.6. The number of halogens is 1. The van der Waals surface area contributed by atoms with Crippen molar-refractivity contribution < 1.29 is 13.4 Å². The second kappa shape index (κ2) is 10.6. The molecule has 1 fully saturated rings. The molecule has 2 atom stereocenters. The Labute approximate surface area is 212 Å². The van der Waals surface area contributed by atoms with Crippen molar-refractivity contribution >= 4 is 34.3 Å². The molecule has 36 heavy (non-hydrogen) atoms. The number of piperazine rings is 1. The first-order chi connectivity index (χ1) is 17.5. The van der Waals surface area contributed by atoms with E-state index in [4.69, 9.17) is 0 Å². The average Bonchev–Trinajstić information content (AvgIpc) is 2.90. The number of aromatic nitrogens is 1. The summed E-state index contributed by atoms with van der Waals surface area (Å²) in [7, 11) is -1.46. The van der Waals surface area contributed by atoms with Crippen LogP contribution in [0, 0.1) is 5.82 Å². The maximum absolute atomic E-state index is 13.9. The summed E-state index contributed by atoms with van der Waals surface area (Å²) in [6.45, 7) is 5.06. The molecule has 1 amide bonds. The number of nitrogens with one attached hydrogen (secondary N) is 2. The number of fused-ring (bicyclic) bond motifs is 1. The number of amides is 1. The highest BCUT2D eigenvalue weighted by Crippen LogP contribution is 2.30. The third kappa shape index (κ3) is 5.32. The molecule has 2 aromatic carbocycles. The van der Waals surface area contributed by atoms with Crippen LogP contribution in [0.2, 0.25) is 0 Å². The van der Waals surface area contributed by atoms with Crippen LogP contribution in [0.3, 0.4) is 0 Å². The molecule has 1 saturated heterocycles. The number of pyridine rings is 1. The first kappa shape index (κ1) is 24.1. The molecule has 9 heteroatoms. The minimum atomic E-state index is -1.46. The topological polar surface area (TPSA) is 77.6 Å². The molecule has 0 radical (unpaired) electrons. The Morgan fingerprint density at radius 1 is 1.14 bits per heavy atom. The van der Waals surface area contributed by atoms with Gasteiger partial charge in [0.25, 0.3) is 5.91 Å². The maximum Gasteiger partial charge on any atom is 0.253 e. The SMILES string of the molecule is CC1C=Cc2cccc(S(=O)Nc3ccc(C(=O)N4CCN(Cc5ccncc5F)CC4)cc3)c2N1. The molecule has 186 valence electrons. The van der Waals surface area contributed by atoms with Crippen LogP contribution in [0.15, 0.2) is 71.9 Å². The van der Waals surface area contributed by atoms with Crippen molar-refractivity contribution in [3.8, 4) is 0 Å². The number of hydrogen-bond acceptors (Lipinski definition) is 5. The number of carbonyl (C=O) groups is 1. The standard InChI is InChI=1S/C27H28FN5O2S/c1-19-5-6-20-3-2-4-25(26(20)30-19)36(35)31-23-9-7-21(8-10-23)27(34)33-15-13-32(14-16-33)18-22-11-12-29-17-24(22)28/h2-12,17,19,30-31H,13-16,18H2,1H3. The maximum atomic E-state index is 13.9. The Morgan fingerprint density at radius 2 is 1.92 bits per heavy atom. The van der Waals surface area contributed by atoms with E-state index >= 15 is 0 Å². The molecule has 3 aromatic rings. The Kier molecular flexibility index (Phi) is 7.11. The molecule has 0 bridgehead atoms. The second-order valence-electron chi connectivity index (χ2n) is 9.00. The summed E-state index contributed by atoms with van der Waals surface area (Å²) in [6.07, 6.45) is 6.92. The van der Waals surface area contributed by atoms with Gasteiger partial charge in [0, 0.05) is 61.8 Å². The Hall–Kier alpha value is -3.56. The average molecular weight is 506 g/mol. The van der Waals surface area contributed by atoms with Crippen LogP contribution >= 0.6 is 0 Å². The molecule has 2 aliphatic heterocycles. The normalized spacial score (nSPS) is 18.3. The molecular formula is C27H28FN5O2S. The van der Waals surface area contributed by atoms with Crippen LogP contribution in [0.1, 0.15) is 28.4 Å². The molecule has 7 nitrogen and oxygen atoms in total. The third-order valence-electron chi connectivity index (χ3n) is 6.45. The van der Waals surface area contributed by atoms with E-state index in [1.807, 2.05) is 36.1 Å². The van der Waals surface area contributed by atoms with Gasteiger partial charge in [-0.1, -0.05) is 24.3 Å². The van der Waals surface area contributed by atoms with Gasteiger partial charge in [-0.3, -0.25) is 14.7 Å². The van der Waals surface area contributed by atoms with Crippen molar-refractivity contribution in [1.29, 1.82) is 0 Å². The summed E-state index contributed by atoms with van der Waals surface area (Å²) < 4.78 is 30.0. The van der Waals surface area contributed by atoms with E-state index in [9.17, 15) is 13.4 Å². The van der Waals surface area contributed by atoms with Gasteiger partial charge in [-0.05, 0) is 48.9 Å². The van der Waals surface area contributed by atoms with Crippen LogP contribution in [-0.2, 0) is 17.5 Å². The van der Waals surface area contributed by atoms with Gasteiger partial charge in [0.1, 0.15) is 5.82 Å². The van der Waals surface area contributed by atoms with Crippen molar-refractivity contribution in [1.82, 2.24) is 14.8 Å². The molecule has 0 aliphatic carbocycles. The van der Waals surface area contributed by atoms with E-state index in [1.165, 1.54) is 6.20 Å². The van der Waals surface area contributed by atoms with Crippen molar-refractivity contribution in [3.05, 3.63) is 89.5 Å². The Balaban J connectivity index is 1.18. The zero-order valence-corrected chi connectivity index (χ0v) is 20.8. The summed E-state index contributed by atoms with van der Waals surface area (Å²) >= 11 is 0. The van der Waals surface area contributed by atoms with Gasteiger partial charge in [-0.25, -0.2) is 8.60 Å². The highest BCUT2D eigenvalue weighted by Gasteiger charge is 2.23. The number of hydrogen-bond donors (Lipinski definition) is 2. The summed E-state index contributed by atoms with van der Waals surface area (Å²) in [5, 5.41) is 3.38. The first-order valence-electron chi connectivity index (χ1n) is 11.9. The number of benzene rings is 2. The highest BCUT2D eigenvalue weighted by molar-refractivity contribution is 7.86. The predicted octanol–water partition coefficient (Wildman–Crippen LogP) is 4.14. The molecule has 2 unspecified atom stereocenters. The molecule has 2 N–H and O–H groups in total. The number of anilines is 2. The Morgan fingerprint density at radius 3 is 2.67 bits per heavy atom. The van der Waals surface area contributed by atoms with Gasteiger partial charge in [0.2, 0.25) is 0 Å². The van der Waals surface area contributed by atoms with Crippen molar-refractivity contribution in [3.63, 3.8) is 0 Å². The van der Waals surface area contributed by atoms with E-state index in [2.05, 4.69) is 26.0 Å². The van der Waals surface area contributed by atoms with E-state index in [0.717, 1.165) is 11.3 Å². The van der Waals surface area contributed by atoms with E-state index in [0.29, 0.717) is 54.4 Å². The molecule has 1 aromatic heterocycles. The van der Waals surface area contributed by atoms with Crippen LogP contribution in [-0.4, -0.2) is 57.1 Å². The minimum Gasteiger partial charge on any atom is -0.378 e. The van der Waals surface area contributed by atoms with Gasteiger partial charge >= 0.3 is 0 Å². The number of para-hydroxylation sites is 1.